The number of benzene rings is 2. The molecule has 1 amide bonds. The summed E-state index contributed by atoms with van der Waals surface area (Å²) in [7, 11) is 1.60. The minimum atomic E-state index is -0.564. The Labute approximate surface area is 170 Å². The summed E-state index contributed by atoms with van der Waals surface area (Å²) in [4.78, 5) is 27.6. The lowest BCUT2D eigenvalue weighted by molar-refractivity contribution is -0.111. The average molecular weight is 405 g/mol. The molecule has 2 aromatic heterocycles. The molecule has 0 unspecified atom stereocenters. The number of anilines is 1. The van der Waals surface area contributed by atoms with Crippen molar-refractivity contribution in [3.8, 4) is 11.5 Å². The number of pyridine rings is 1. The van der Waals surface area contributed by atoms with Crippen molar-refractivity contribution in [3.05, 3.63) is 88.9 Å². The summed E-state index contributed by atoms with van der Waals surface area (Å²) in [6, 6.07) is 12.6. The second-order valence-corrected chi connectivity index (χ2v) is 6.41. The van der Waals surface area contributed by atoms with Crippen LogP contribution in [-0.2, 0) is 11.8 Å². The zero-order chi connectivity index (χ0) is 21.1. The van der Waals surface area contributed by atoms with Crippen LogP contribution in [-0.4, -0.2) is 15.5 Å². The molecule has 0 aliphatic heterocycles. The Balaban J connectivity index is 1.43. The minimum absolute atomic E-state index is 0.0576. The molecule has 0 aliphatic rings. The molecule has 4 aromatic rings. The van der Waals surface area contributed by atoms with Gasteiger partial charge in [-0.05, 0) is 48.0 Å². The van der Waals surface area contributed by atoms with Gasteiger partial charge >= 0.3 is 5.76 Å². The number of carbonyl (C=O) groups excluding carboxylic acids is 1. The van der Waals surface area contributed by atoms with E-state index in [2.05, 4.69) is 10.3 Å². The van der Waals surface area contributed by atoms with Crippen molar-refractivity contribution in [3.63, 3.8) is 0 Å². The molecule has 0 radical (unpaired) electrons. The molecule has 0 atom stereocenters. The number of nitrogens with zero attached hydrogens (tertiary/aromatic N) is 2. The second kappa shape index (κ2) is 8.04. The molecule has 4 rings (SSSR count). The molecule has 1 N–H and O–H groups in total. The van der Waals surface area contributed by atoms with Gasteiger partial charge in [0.2, 0.25) is 5.91 Å². The maximum absolute atomic E-state index is 14.3. The highest BCUT2D eigenvalue weighted by molar-refractivity contribution is 6.02. The van der Waals surface area contributed by atoms with E-state index < -0.39 is 17.5 Å². The van der Waals surface area contributed by atoms with Crippen LogP contribution < -0.4 is 15.8 Å². The van der Waals surface area contributed by atoms with Gasteiger partial charge in [-0.1, -0.05) is 6.07 Å². The number of rotatable bonds is 5. The van der Waals surface area contributed by atoms with E-state index in [-0.39, 0.29) is 5.75 Å². The van der Waals surface area contributed by atoms with Crippen LogP contribution in [0.15, 0.2) is 76.2 Å². The van der Waals surface area contributed by atoms with Gasteiger partial charge in [-0.3, -0.25) is 14.3 Å². The summed E-state index contributed by atoms with van der Waals surface area (Å²) in [5.74, 6) is -0.978. The van der Waals surface area contributed by atoms with Gasteiger partial charge < -0.3 is 14.5 Å². The normalized spacial score (nSPS) is 11.1. The van der Waals surface area contributed by atoms with Gasteiger partial charge in [0, 0.05) is 31.1 Å². The van der Waals surface area contributed by atoms with Crippen molar-refractivity contribution in [1.82, 2.24) is 9.55 Å². The van der Waals surface area contributed by atoms with Crippen LogP contribution in [0.2, 0.25) is 0 Å². The minimum Gasteiger partial charge on any atom is -0.453 e. The van der Waals surface area contributed by atoms with Crippen LogP contribution in [0.5, 0.6) is 11.5 Å². The number of aromatic nitrogens is 2. The van der Waals surface area contributed by atoms with Gasteiger partial charge in [-0.2, -0.15) is 0 Å². The highest BCUT2D eigenvalue weighted by Gasteiger charge is 2.08. The molecule has 8 heteroatoms. The third kappa shape index (κ3) is 4.12. The lowest BCUT2D eigenvalue weighted by Gasteiger charge is -2.06. The smallest absolute Gasteiger partial charge is 0.419 e. The quantitative estimate of drug-likeness (QED) is 0.505. The van der Waals surface area contributed by atoms with E-state index in [0.717, 1.165) is 0 Å². The molecule has 2 heterocycles. The Morgan fingerprint density at radius 1 is 1.23 bits per heavy atom. The van der Waals surface area contributed by atoms with Crippen molar-refractivity contribution >= 4 is 28.8 Å². The van der Waals surface area contributed by atoms with Gasteiger partial charge in [-0.25, -0.2) is 9.18 Å². The van der Waals surface area contributed by atoms with Crippen molar-refractivity contribution in [1.29, 1.82) is 0 Å². The molecule has 0 fully saturated rings. The molecule has 2 aromatic carbocycles. The topological polar surface area (TPSA) is 86.4 Å². The Hall–Kier alpha value is -4.20. The third-order valence-electron chi connectivity index (χ3n) is 4.31. The van der Waals surface area contributed by atoms with Crippen LogP contribution >= 0.6 is 0 Å². The van der Waals surface area contributed by atoms with Crippen LogP contribution in [0.1, 0.15) is 5.56 Å². The van der Waals surface area contributed by atoms with Gasteiger partial charge in [0.25, 0.3) is 0 Å². The first-order chi connectivity index (χ1) is 14.5. The predicted octanol–water partition coefficient (Wildman–Crippen LogP) is 4.11. The molecule has 30 heavy (non-hydrogen) atoms. The molecule has 7 nitrogen and oxygen atoms in total. The molecule has 0 saturated carbocycles. The summed E-state index contributed by atoms with van der Waals surface area (Å²) in [6.07, 6.45) is 5.83. The van der Waals surface area contributed by atoms with E-state index in [9.17, 15) is 14.0 Å². The zero-order valence-electron chi connectivity index (χ0n) is 15.8. The van der Waals surface area contributed by atoms with Gasteiger partial charge in [0.15, 0.2) is 17.1 Å². The van der Waals surface area contributed by atoms with Gasteiger partial charge in [0.05, 0.1) is 11.7 Å². The number of amides is 1. The van der Waals surface area contributed by atoms with Crippen molar-refractivity contribution in [2.45, 2.75) is 0 Å². The number of halogens is 1. The number of oxazole rings is 1. The first kappa shape index (κ1) is 19.1. The van der Waals surface area contributed by atoms with E-state index >= 15 is 0 Å². The molecular weight excluding hydrogens is 389 g/mol. The van der Waals surface area contributed by atoms with E-state index in [1.165, 1.54) is 35.0 Å². The monoisotopic (exact) mass is 405 g/mol. The summed E-state index contributed by atoms with van der Waals surface area (Å²) in [6.45, 7) is 0. The third-order valence-corrected chi connectivity index (χ3v) is 4.31. The number of aryl methyl sites for hydroxylation is 1. The summed E-state index contributed by atoms with van der Waals surface area (Å²) >= 11 is 0. The molecule has 0 bridgehead atoms. The van der Waals surface area contributed by atoms with Crippen LogP contribution in [0.25, 0.3) is 17.2 Å². The number of hydrogen-bond acceptors (Lipinski definition) is 5. The Morgan fingerprint density at radius 2 is 2.10 bits per heavy atom. The molecular formula is C22H16FN3O4. The number of hydrogen-bond donors (Lipinski definition) is 1. The summed E-state index contributed by atoms with van der Waals surface area (Å²) < 4.78 is 26.2. The van der Waals surface area contributed by atoms with Crippen LogP contribution in [0.4, 0.5) is 10.1 Å². The Kier molecular flexibility index (Phi) is 5.13. The summed E-state index contributed by atoms with van der Waals surface area (Å²) in [5.41, 5.74) is 1.96. The Morgan fingerprint density at radius 3 is 2.87 bits per heavy atom. The fourth-order valence-corrected chi connectivity index (χ4v) is 2.81. The van der Waals surface area contributed by atoms with Crippen molar-refractivity contribution in [2.75, 3.05) is 5.32 Å². The maximum Gasteiger partial charge on any atom is 0.419 e. The van der Waals surface area contributed by atoms with Crippen LogP contribution in [0, 0.1) is 5.82 Å². The van der Waals surface area contributed by atoms with E-state index in [1.807, 2.05) is 0 Å². The first-order valence-corrected chi connectivity index (χ1v) is 8.96. The fourth-order valence-electron chi connectivity index (χ4n) is 2.81. The average Bonchev–Trinajstić information content (AvgIpc) is 3.02. The summed E-state index contributed by atoms with van der Waals surface area (Å²) in [5, 5.41) is 2.67. The largest absolute Gasteiger partial charge is 0.453 e. The number of nitrogens with one attached hydrogen (secondary N) is 1. The van der Waals surface area contributed by atoms with Crippen molar-refractivity contribution < 1.29 is 18.3 Å². The predicted molar refractivity (Wildman–Crippen MR) is 110 cm³/mol. The Bertz CT molecular complexity index is 1310. The highest BCUT2D eigenvalue weighted by atomic mass is 19.1. The van der Waals surface area contributed by atoms with E-state index in [0.29, 0.717) is 28.1 Å². The maximum atomic E-state index is 14.3. The molecule has 150 valence electrons. The van der Waals surface area contributed by atoms with E-state index in [1.54, 1.807) is 49.6 Å². The lowest BCUT2D eigenvalue weighted by Crippen LogP contribution is -2.08. The highest BCUT2D eigenvalue weighted by Crippen LogP contribution is 2.25. The van der Waals surface area contributed by atoms with Crippen LogP contribution in [0.3, 0.4) is 0 Å². The standard InChI is InChI=1S/C22H16FN3O4/c1-26-18-7-6-15(12-20(18)30-22(26)28)25-21(27)9-5-14-4-8-19(17(23)11-14)29-16-3-2-10-24-13-16/h2-13H,1H3,(H,25,27)/b9-5+. The van der Waals surface area contributed by atoms with Gasteiger partial charge in [-0.15, -0.1) is 0 Å². The van der Waals surface area contributed by atoms with Crippen molar-refractivity contribution in [2.24, 2.45) is 7.05 Å². The lowest BCUT2D eigenvalue weighted by atomic mass is 10.2. The second-order valence-electron chi connectivity index (χ2n) is 6.41. The molecule has 0 aliphatic carbocycles. The van der Waals surface area contributed by atoms with E-state index in [4.69, 9.17) is 9.15 Å². The number of carbonyl (C=O) groups is 1. The zero-order valence-corrected chi connectivity index (χ0v) is 15.8. The first-order valence-electron chi connectivity index (χ1n) is 8.96. The molecule has 0 spiro atoms. The number of fused-ring (bicyclic) bond motifs is 1. The fraction of sp³-hybridized carbons (Fsp3) is 0.0455. The van der Waals surface area contributed by atoms with Gasteiger partial charge in [0.1, 0.15) is 5.75 Å². The number of ether oxygens (including phenoxy) is 1. The SMILES string of the molecule is Cn1c(=O)oc2cc(NC(=O)/C=C/c3ccc(Oc4cccnc4)c(F)c3)ccc21. The molecule has 0 saturated heterocycles.